The lowest BCUT2D eigenvalue weighted by Gasteiger charge is -2.39. The normalized spacial score (nSPS) is 21.3. The molecule has 0 bridgehead atoms. The van der Waals surface area contributed by atoms with E-state index in [1.165, 1.54) is 60.2 Å². The zero-order valence-electron chi connectivity index (χ0n) is 23.4. The van der Waals surface area contributed by atoms with Gasteiger partial charge in [-0.2, -0.15) is 9.67 Å². The van der Waals surface area contributed by atoms with Crippen LogP contribution >= 0.6 is 0 Å². The van der Waals surface area contributed by atoms with Crippen LogP contribution in [0.5, 0.6) is 0 Å². The summed E-state index contributed by atoms with van der Waals surface area (Å²) in [5.41, 5.74) is 15.2. The molecule has 0 saturated carbocycles. The zero-order valence-corrected chi connectivity index (χ0v) is 23.4. The van der Waals surface area contributed by atoms with E-state index in [-0.39, 0.29) is 5.95 Å². The molecular formula is C32H36N8O. The lowest BCUT2D eigenvalue weighted by atomic mass is 9.85. The van der Waals surface area contributed by atoms with Crippen molar-refractivity contribution in [2.24, 2.45) is 5.41 Å². The fraction of sp³-hybridized carbons (Fsp3) is 0.438. The molecule has 9 heteroatoms. The van der Waals surface area contributed by atoms with Crippen LogP contribution in [-0.4, -0.2) is 62.2 Å². The summed E-state index contributed by atoms with van der Waals surface area (Å²) in [4.78, 5) is 7.24. The van der Waals surface area contributed by atoms with Crippen LogP contribution in [0, 0.1) is 5.41 Å². The molecule has 0 radical (unpaired) electrons. The minimum atomic E-state index is 0.286. The van der Waals surface area contributed by atoms with Crippen LogP contribution in [0.1, 0.15) is 47.9 Å². The number of nitrogens with zero attached hydrogens (tertiary/aromatic N) is 6. The number of nitrogens with one attached hydrogen (secondary N) is 1. The number of nitrogens with two attached hydrogens (primary N) is 1. The highest BCUT2D eigenvalue weighted by Gasteiger charge is 2.45. The third-order valence-electron chi connectivity index (χ3n) is 9.63. The van der Waals surface area contributed by atoms with Gasteiger partial charge in [-0.15, -0.1) is 15.3 Å². The van der Waals surface area contributed by atoms with Crippen molar-refractivity contribution in [1.29, 1.82) is 0 Å². The van der Waals surface area contributed by atoms with E-state index in [1.807, 2.05) is 0 Å². The van der Waals surface area contributed by atoms with E-state index >= 15 is 0 Å². The first kappa shape index (κ1) is 24.9. The minimum absolute atomic E-state index is 0.286. The molecule has 2 aromatic heterocycles. The predicted octanol–water partition coefficient (Wildman–Crippen LogP) is 4.51. The molecule has 0 amide bonds. The second-order valence-electron chi connectivity index (χ2n) is 12.3. The van der Waals surface area contributed by atoms with Crippen LogP contribution in [0.15, 0.2) is 48.5 Å². The molecule has 4 aromatic rings. The molecule has 4 aliphatic rings. The third kappa shape index (κ3) is 4.57. The topological polar surface area (TPSA) is 107 Å². The zero-order chi connectivity index (χ0) is 27.4. The molecule has 0 unspecified atom stereocenters. The van der Waals surface area contributed by atoms with Crippen LogP contribution < -0.4 is 11.1 Å². The van der Waals surface area contributed by atoms with Gasteiger partial charge in [-0.1, -0.05) is 30.3 Å². The molecule has 9 nitrogen and oxygen atoms in total. The van der Waals surface area contributed by atoms with E-state index in [0.717, 1.165) is 56.7 Å². The number of aryl methyl sites for hydroxylation is 4. The summed E-state index contributed by atoms with van der Waals surface area (Å²) in [6, 6.07) is 17.8. The van der Waals surface area contributed by atoms with Gasteiger partial charge in [0, 0.05) is 29.3 Å². The van der Waals surface area contributed by atoms with Gasteiger partial charge in [0.05, 0.1) is 18.9 Å². The molecule has 3 N–H and O–H groups in total. The maximum absolute atomic E-state index is 6.32. The van der Waals surface area contributed by atoms with E-state index in [9.17, 15) is 0 Å². The van der Waals surface area contributed by atoms with Crippen LogP contribution in [0.3, 0.4) is 0 Å². The summed E-state index contributed by atoms with van der Waals surface area (Å²) >= 11 is 0. The van der Waals surface area contributed by atoms with Crippen LogP contribution in [0.2, 0.25) is 0 Å². The van der Waals surface area contributed by atoms with Gasteiger partial charge in [0.15, 0.2) is 5.82 Å². The van der Waals surface area contributed by atoms with Crippen LogP contribution in [0.4, 0.5) is 17.6 Å². The first-order valence-corrected chi connectivity index (χ1v) is 15.0. The van der Waals surface area contributed by atoms with E-state index in [1.54, 1.807) is 4.68 Å². The maximum atomic E-state index is 6.32. The molecular weight excluding hydrogens is 512 g/mol. The number of anilines is 3. The molecule has 4 heterocycles. The number of rotatable bonds is 4. The summed E-state index contributed by atoms with van der Waals surface area (Å²) in [7, 11) is 0. The van der Waals surface area contributed by atoms with Crippen molar-refractivity contribution in [2.45, 2.75) is 57.4 Å². The monoisotopic (exact) mass is 548 g/mol. The Kier molecular flexibility index (Phi) is 6.03. The van der Waals surface area contributed by atoms with E-state index in [2.05, 4.69) is 79.0 Å². The van der Waals surface area contributed by atoms with Gasteiger partial charge in [0.25, 0.3) is 0 Å². The molecule has 210 valence electrons. The Bertz CT molecular complexity index is 1610. The highest BCUT2D eigenvalue weighted by atomic mass is 16.5. The number of benzene rings is 2. The van der Waals surface area contributed by atoms with Crippen LogP contribution in [-0.2, 0) is 30.4 Å². The van der Waals surface area contributed by atoms with Crippen molar-refractivity contribution < 1.29 is 4.74 Å². The van der Waals surface area contributed by atoms with E-state index < -0.39 is 0 Å². The minimum Gasteiger partial charge on any atom is -0.380 e. The number of fused-ring (bicyclic) bond motifs is 4. The summed E-state index contributed by atoms with van der Waals surface area (Å²) in [5.74, 6) is 1.33. The lowest BCUT2D eigenvalue weighted by molar-refractivity contribution is -0.106. The Morgan fingerprint density at radius 3 is 2.61 bits per heavy atom. The van der Waals surface area contributed by atoms with Gasteiger partial charge in [0.2, 0.25) is 11.9 Å². The number of hydrogen-bond donors (Lipinski definition) is 2. The number of aromatic nitrogens is 5. The molecule has 2 fully saturated rings. The van der Waals surface area contributed by atoms with Crippen molar-refractivity contribution in [2.75, 3.05) is 37.4 Å². The summed E-state index contributed by atoms with van der Waals surface area (Å²) < 4.78 is 7.13. The Morgan fingerprint density at radius 2 is 1.76 bits per heavy atom. The second kappa shape index (κ2) is 9.92. The first-order valence-electron chi connectivity index (χ1n) is 15.0. The van der Waals surface area contributed by atoms with Crippen molar-refractivity contribution in [1.82, 2.24) is 29.9 Å². The molecule has 2 saturated heterocycles. The Hall–Kier alpha value is -3.82. The number of likely N-dealkylation sites (tertiary alicyclic amines) is 1. The average Bonchev–Trinajstić information content (AvgIpc) is 3.45. The molecule has 8 rings (SSSR count). The molecule has 2 aliphatic heterocycles. The molecule has 1 atom stereocenters. The number of ether oxygens (including phenoxy) is 1. The Labute approximate surface area is 240 Å². The predicted molar refractivity (Wildman–Crippen MR) is 158 cm³/mol. The quantitative estimate of drug-likeness (QED) is 0.359. The Morgan fingerprint density at radius 1 is 0.902 bits per heavy atom. The van der Waals surface area contributed by atoms with Gasteiger partial charge in [-0.05, 0) is 98.4 Å². The number of nitrogen functional groups attached to an aromatic ring is 1. The molecule has 1 spiro atoms. The van der Waals surface area contributed by atoms with Crippen molar-refractivity contribution >= 4 is 17.6 Å². The maximum Gasteiger partial charge on any atom is 0.248 e. The van der Waals surface area contributed by atoms with Gasteiger partial charge < -0.3 is 15.8 Å². The summed E-state index contributed by atoms with van der Waals surface area (Å²) in [6.45, 7) is 4.33. The van der Waals surface area contributed by atoms with Gasteiger partial charge in [0.1, 0.15) is 0 Å². The van der Waals surface area contributed by atoms with Gasteiger partial charge >= 0.3 is 0 Å². The highest BCUT2D eigenvalue weighted by Crippen LogP contribution is 2.40. The largest absolute Gasteiger partial charge is 0.380 e. The van der Waals surface area contributed by atoms with E-state index in [4.69, 9.17) is 10.5 Å². The first-order chi connectivity index (χ1) is 20.1. The van der Waals surface area contributed by atoms with Gasteiger partial charge in [-0.25, -0.2) is 0 Å². The van der Waals surface area contributed by atoms with Crippen molar-refractivity contribution in [3.05, 3.63) is 70.8 Å². The van der Waals surface area contributed by atoms with E-state index in [0.29, 0.717) is 23.2 Å². The fourth-order valence-electron chi connectivity index (χ4n) is 7.29. The van der Waals surface area contributed by atoms with Gasteiger partial charge in [-0.3, -0.25) is 4.90 Å². The summed E-state index contributed by atoms with van der Waals surface area (Å²) in [5, 5.41) is 17.2. The second-order valence-corrected chi connectivity index (χ2v) is 12.3. The standard InChI is InChI=1S/C32H36N8O/c33-30-35-31(38-40(30)28-17-24-6-3-5-22-4-1-2-7-27(22)29(24)37-36-28)34-25-11-8-21-9-12-26(13-10-23(21)16-25)39-15-14-32(18-39)19-41-20-32/h1-2,4,7-8,11,16-17,26H,3,5-6,9-10,12-15,18-20H2,(H3,33,34,35,38)/t26-/m0/s1. The fourth-order valence-corrected chi connectivity index (χ4v) is 7.29. The Balaban J connectivity index is 0.984. The SMILES string of the molecule is Nc1nc(Nc2ccc3c(c2)CC[C@@H](N2CCC4(COC4)C2)CC3)nn1-c1cc2c(nn1)-c1ccccc1CCC2. The highest BCUT2D eigenvalue weighted by molar-refractivity contribution is 5.68. The molecule has 2 aromatic carbocycles. The van der Waals surface area contributed by atoms with Crippen molar-refractivity contribution in [3.8, 4) is 17.1 Å². The number of hydrogen-bond acceptors (Lipinski definition) is 8. The lowest BCUT2D eigenvalue weighted by Crippen LogP contribution is -2.46. The van der Waals surface area contributed by atoms with Crippen molar-refractivity contribution in [3.63, 3.8) is 0 Å². The molecule has 2 aliphatic carbocycles. The van der Waals surface area contributed by atoms with Crippen LogP contribution in [0.25, 0.3) is 17.1 Å². The summed E-state index contributed by atoms with van der Waals surface area (Å²) in [6.07, 6.45) is 8.99. The smallest absolute Gasteiger partial charge is 0.248 e. The molecule has 41 heavy (non-hydrogen) atoms. The third-order valence-corrected chi connectivity index (χ3v) is 9.63. The average molecular weight is 549 g/mol.